The second kappa shape index (κ2) is 8.70. The SMILES string of the molecule is C=C[C@@]1(C)CC(=O)[C@@]2(O)[C@](C)(O1)[C@@H](OC(=O)CN1CCCC1)C=C1C(C)(C)CC[C@H](O)[C@@]12C.Cl. The zero-order valence-electron chi connectivity index (χ0n) is 21.1. The lowest BCUT2D eigenvalue weighted by Gasteiger charge is -2.66. The Balaban J connectivity index is 0.00000324. The van der Waals surface area contributed by atoms with Gasteiger partial charge in [0.15, 0.2) is 17.5 Å². The maximum absolute atomic E-state index is 13.8. The molecule has 0 bridgehead atoms. The molecule has 2 heterocycles. The summed E-state index contributed by atoms with van der Waals surface area (Å²) >= 11 is 0. The quantitative estimate of drug-likeness (QED) is 0.455. The molecule has 7 nitrogen and oxygen atoms in total. The highest BCUT2D eigenvalue weighted by Crippen LogP contribution is 2.64. The molecule has 4 rings (SSSR count). The minimum Gasteiger partial charge on any atom is -0.454 e. The number of hydrogen-bond donors (Lipinski definition) is 2. The fourth-order valence-electron chi connectivity index (χ4n) is 6.90. The van der Waals surface area contributed by atoms with Gasteiger partial charge in [0, 0.05) is 6.42 Å². The highest BCUT2D eigenvalue weighted by molar-refractivity contribution is 5.93. The lowest BCUT2D eigenvalue weighted by atomic mass is 9.44. The second-order valence-corrected chi connectivity index (χ2v) is 11.7. The van der Waals surface area contributed by atoms with Gasteiger partial charge in [-0.1, -0.05) is 25.5 Å². The number of ether oxygens (including phenoxy) is 2. The molecular weight excluding hydrogens is 458 g/mol. The van der Waals surface area contributed by atoms with Crippen molar-refractivity contribution in [2.75, 3.05) is 19.6 Å². The van der Waals surface area contributed by atoms with Crippen molar-refractivity contribution in [3.8, 4) is 0 Å². The number of aliphatic hydroxyl groups excluding tert-OH is 1. The summed E-state index contributed by atoms with van der Waals surface area (Å²) in [6.45, 7) is 14.9. The molecule has 2 aliphatic carbocycles. The number of ketones is 1. The first kappa shape index (κ1) is 27.3. The van der Waals surface area contributed by atoms with Crippen molar-refractivity contribution in [1.29, 1.82) is 0 Å². The summed E-state index contributed by atoms with van der Waals surface area (Å²) in [6, 6.07) is 0. The van der Waals surface area contributed by atoms with Crippen LogP contribution in [0.1, 0.15) is 66.7 Å². The fourth-order valence-corrected chi connectivity index (χ4v) is 6.90. The van der Waals surface area contributed by atoms with Gasteiger partial charge < -0.3 is 19.7 Å². The maximum atomic E-state index is 13.8. The zero-order valence-corrected chi connectivity index (χ0v) is 21.9. The average molecular weight is 498 g/mol. The second-order valence-electron chi connectivity index (χ2n) is 11.7. The van der Waals surface area contributed by atoms with Crippen molar-refractivity contribution >= 4 is 24.2 Å². The monoisotopic (exact) mass is 497 g/mol. The van der Waals surface area contributed by atoms with E-state index in [1.54, 1.807) is 26.8 Å². The minimum atomic E-state index is -2.08. The van der Waals surface area contributed by atoms with E-state index in [2.05, 4.69) is 6.58 Å². The average Bonchev–Trinajstić information content (AvgIpc) is 3.23. The Kier molecular flexibility index (Phi) is 6.99. The van der Waals surface area contributed by atoms with Gasteiger partial charge in [0.05, 0.1) is 23.7 Å². The van der Waals surface area contributed by atoms with Gasteiger partial charge in [-0.15, -0.1) is 19.0 Å². The third kappa shape index (κ3) is 3.70. The normalized spacial score (nSPS) is 43.7. The van der Waals surface area contributed by atoms with Crippen LogP contribution in [0.3, 0.4) is 0 Å². The van der Waals surface area contributed by atoms with Crippen LogP contribution in [0.4, 0.5) is 0 Å². The number of halogens is 1. The van der Waals surface area contributed by atoms with Crippen molar-refractivity contribution in [3.05, 3.63) is 24.3 Å². The molecule has 34 heavy (non-hydrogen) atoms. The Morgan fingerprint density at radius 3 is 2.47 bits per heavy atom. The highest BCUT2D eigenvalue weighted by Gasteiger charge is 2.76. The summed E-state index contributed by atoms with van der Waals surface area (Å²) in [7, 11) is 0. The summed E-state index contributed by atoms with van der Waals surface area (Å²) < 4.78 is 12.5. The van der Waals surface area contributed by atoms with E-state index in [4.69, 9.17) is 9.47 Å². The van der Waals surface area contributed by atoms with Gasteiger partial charge in [-0.2, -0.15) is 0 Å². The maximum Gasteiger partial charge on any atom is 0.320 e. The van der Waals surface area contributed by atoms with E-state index in [-0.39, 0.29) is 25.4 Å². The Bertz CT molecular complexity index is 898. The standard InChI is InChI=1S/C26H39NO6.ClH/c1-7-23(4)15-19(29)26(31)24(5)17(22(2,3)11-10-18(24)28)14-20(25(26,6)33-23)32-21(30)16-27-12-8-9-13-27;/h7,14,18,20,28,31H,1,8-13,15-16H2,2-6H3;1H/t18-,20-,23-,24+,25+,26-;/m0./s1. The molecule has 0 radical (unpaired) electrons. The molecule has 0 spiro atoms. The molecule has 6 atom stereocenters. The Hall–Kier alpha value is -1.25. The number of rotatable bonds is 4. The zero-order chi connectivity index (χ0) is 24.4. The van der Waals surface area contributed by atoms with Crippen LogP contribution < -0.4 is 0 Å². The van der Waals surface area contributed by atoms with Crippen LogP contribution >= 0.6 is 12.4 Å². The van der Waals surface area contributed by atoms with E-state index in [1.165, 1.54) is 0 Å². The number of nitrogens with zero attached hydrogens (tertiary/aromatic N) is 1. The van der Waals surface area contributed by atoms with E-state index in [0.717, 1.165) is 31.5 Å². The van der Waals surface area contributed by atoms with Crippen LogP contribution in [0.2, 0.25) is 0 Å². The summed E-state index contributed by atoms with van der Waals surface area (Å²) in [5, 5.41) is 23.6. The Morgan fingerprint density at radius 1 is 1.26 bits per heavy atom. The van der Waals surface area contributed by atoms with Gasteiger partial charge in [0.2, 0.25) is 0 Å². The molecule has 2 aliphatic heterocycles. The van der Waals surface area contributed by atoms with Gasteiger partial charge in [0.25, 0.3) is 0 Å². The first-order valence-electron chi connectivity index (χ1n) is 12.2. The molecule has 0 aromatic rings. The predicted octanol–water partition coefficient (Wildman–Crippen LogP) is 2.97. The number of aliphatic hydroxyl groups is 2. The van der Waals surface area contributed by atoms with Gasteiger partial charge in [0.1, 0.15) is 5.60 Å². The molecule has 2 N–H and O–H groups in total. The molecule has 0 unspecified atom stereocenters. The fraction of sp³-hybridized carbons (Fsp3) is 0.769. The first-order valence-corrected chi connectivity index (χ1v) is 12.2. The van der Waals surface area contributed by atoms with Gasteiger partial charge in [-0.3, -0.25) is 14.5 Å². The van der Waals surface area contributed by atoms with Crippen molar-refractivity contribution < 1.29 is 29.3 Å². The Morgan fingerprint density at radius 2 is 1.88 bits per heavy atom. The number of hydrogen-bond acceptors (Lipinski definition) is 7. The predicted molar refractivity (Wildman–Crippen MR) is 131 cm³/mol. The largest absolute Gasteiger partial charge is 0.454 e. The van der Waals surface area contributed by atoms with Crippen LogP contribution in [0, 0.1) is 10.8 Å². The molecule has 0 aromatic heterocycles. The topological polar surface area (TPSA) is 96.3 Å². The van der Waals surface area contributed by atoms with Crippen molar-refractivity contribution in [2.24, 2.45) is 10.8 Å². The van der Waals surface area contributed by atoms with Crippen molar-refractivity contribution in [1.82, 2.24) is 4.90 Å². The molecule has 2 saturated heterocycles. The number of fused-ring (bicyclic) bond motifs is 3. The van der Waals surface area contributed by atoms with Crippen molar-refractivity contribution in [3.63, 3.8) is 0 Å². The van der Waals surface area contributed by atoms with E-state index < -0.39 is 51.6 Å². The van der Waals surface area contributed by atoms with E-state index >= 15 is 0 Å². The number of carbonyl (C=O) groups excluding carboxylic acids is 2. The molecule has 8 heteroatoms. The minimum absolute atomic E-state index is 0. The summed E-state index contributed by atoms with van der Waals surface area (Å²) in [6.07, 6.45) is 4.63. The number of Topliss-reactive ketones (excluding diaryl/α,β-unsaturated/α-hetero) is 1. The third-order valence-electron chi connectivity index (χ3n) is 8.93. The Labute approximate surface area is 209 Å². The van der Waals surface area contributed by atoms with E-state index in [9.17, 15) is 19.8 Å². The highest BCUT2D eigenvalue weighted by atomic mass is 35.5. The van der Waals surface area contributed by atoms with Crippen LogP contribution in [-0.4, -0.2) is 75.5 Å². The number of likely N-dealkylation sites (tertiary alicyclic amines) is 1. The van der Waals surface area contributed by atoms with Crippen LogP contribution in [-0.2, 0) is 19.1 Å². The van der Waals surface area contributed by atoms with Crippen LogP contribution in [0.15, 0.2) is 24.3 Å². The van der Waals surface area contributed by atoms with E-state index in [1.807, 2.05) is 24.8 Å². The smallest absolute Gasteiger partial charge is 0.320 e. The molecule has 4 aliphatic rings. The summed E-state index contributed by atoms with van der Waals surface area (Å²) in [4.78, 5) is 28.8. The van der Waals surface area contributed by atoms with Crippen LogP contribution in [0.25, 0.3) is 0 Å². The lowest BCUT2D eigenvalue weighted by molar-refractivity contribution is -0.305. The van der Waals surface area contributed by atoms with Gasteiger partial charge in [-0.05, 0) is 71.0 Å². The van der Waals surface area contributed by atoms with Crippen LogP contribution in [0.5, 0.6) is 0 Å². The molecular formula is C26H40ClNO6. The molecule has 192 valence electrons. The van der Waals surface area contributed by atoms with Crippen molar-refractivity contribution in [2.45, 2.75) is 95.7 Å². The third-order valence-corrected chi connectivity index (χ3v) is 8.93. The summed E-state index contributed by atoms with van der Waals surface area (Å²) in [5.41, 5.74) is -5.65. The number of esters is 1. The molecule has 3 fully saturated rings. The van der Waals surface area contributed by atoms with Gasteiger partial charge in [-0.25, -0.2) is 0 Å². The number of carbonyl (C=O) groups is 2. The summed E-state index contributed by atoms with van der Waals surface area (Å²) in [5.74, 6) is -0.842. The molecule has 0 amide bonds. The molecule has 1 saturated carbocycles. The lowest BCUT2D eigenvalue weighted by Crippen LogP contribution is -2.81. The van der Waals surface area contributed by atoms with E-state index in [0.29, 0.717) is 12.8 Å². The molecule has 0 aromatic carbocycles. The first-order chi connectivity index (χ1) is 15.2. The van der Waals surface area contributed by atoms with Gasteiger partial charge >= 0.3 is 5.97 Å².